The molecular formula is C14H15N5S. The van der Waals surface area contributed by atoms with Gasteiger partial charge in [0.1, 0.15) is 0 Å². The molecule has 0 atom stereocenters. The first kappa shape index (κ1) is 12.8. The second-order valence-corrected chi connectivity index (χ2v) is 5.60. The van der Waals surface area contributed by atoms with E-state index in [1.807, 2.05) is 26.1 Å². The van der Waals surface area contributed by atoms with E-state index in [9.17, 15) is 0 Å². The molecule has 0 bridgehead atoms. The molecule has 0 aliphatic heterocycles. The summed E-state index contributed by atoms with van der Waals surface area (Å²) in [4.78, 5) is 4.51. The van der Waals surface area contributed by atoms with Crippen molar-refractivity contribution >= 4 is 17.0 Å². The van der Waals surface area contributed by atoms with E-state index in [1.54, 1.807) is 22.2 Å². The lowest BCUT2D eigenvalue weighted by Crippen LogP contribution is -2.05. The van der Waals surface area contributed by atoms with Crippen molar-refractivity contribution in [1.29, 1.82) is 0 Å². The second kappa shape index (κ2) is 5.42. The van der Waals surface area contributed by atoms with Crippen LogP contribution in [0.2, 0.25) is 0 Å². The first-order chi connectivity index (χ1) is 9.72. The van der Waals surface area contributed by atoms with Crippen molar-refractivity contribution in [3.63, 3.8) is 0 Å². The van der Waals surface area contributed by atoms with Crippen LogP contribution in [0.5, 0.6) is 0 Å². The molecular weight excluding hydrogens is 270 g/mol. The van der Waals surface area contributed by atoms with E-state index in [-0.39, 0.29) is 0 Å². The van der Waals surface area contributed by atoms with Gasteiger partial charge in [0.2, 0.25) is 0 Å². The van der Waals surface area contributed by atoms with Gasteiger partial charge in [0.25, 0.3) is 0 Å². The van der Waals surface area contributed by atoms with Gasteiger partial charge in [0, 0.05) is 23.7 Å². The summed E-state index contributed by atoms with van der Waals surface area (Å²) in [6.45, 7) is 2.72. The molecule has 0 spiro atoms. The van der Waals surface area contributed by atoms with Crippen molar-refractivity contribution < 1.29 is 0 Å². The van der Waals surface area contributed by atoms with Crippen LogP contribution in [-0.4, -0.2) is 20.0 Å². The van der Waals surface area contributed by atoms with Gasteiger partial charge in [-0.3, -0.25) is 4.68 Å². The molecule has 0 saturated carbocycles. The van der Waals surface area contributed by atoms with Crippen molar-refractivity contribution in [3.8, 4) is 11.3 Å². The highest BCUT2D eigenvalue weighted by Crippen LogP contribution is 2.24. The Morgan fingerprint density at radius 1 is 1.35 bits per heavy atom. The molecule has 5 nitrogen and oxygen atoms in total. The molecule has 0 aliphatic rings. The van der Waals surface area contributed by atoms with E-state index in [0.717, 1.165) is 27.6 Å². The number of benzene rings is 1. The van der Waals surface area contributed by atoms with E-state index in [0.29, 0.717) is 6.54 Å². The minimum absolute atomic E-state index is 0.697. The summed E-state index contributed by atoms with van der Waals surface area (Å²) >= 11 is 1.67. The molecule has 0 radical (unpaired) electrons. The van der Waals surface area contributed by atoms with E-state index in [1.165, 1.54) is 0 Å². The maximum Gasteiger partial charge on any atom is 0.0901 e. The highest BCUT2D eigenvalue weighted by Gasteiger charge is 2.04. The Morgan fingerprint density at radius 2 is 2.25 bits per heavy atom. The predicted molar refractivity (Wildman–Crippen MR) is 80.6 cm³/mol. The molecule has 0 saturated heterocycles. The zero-order valence-corrected chi connectivity index (χ0v) is 12.2. The number of thiazole rings is 1. The van der Waals surface area contributed by atoms with Crippen LogP contribution in [0.3, 0.4) is 0 Å². The fourth-order valence-electron chi connectivity index (χ4n) is 1.95. The summed E-state index contributed by atoms with van der Waals surface area (Å²) in [5.41, 5.74) is 4.26. The summed E-state index contributed by atoms with van der Waals surface area (Å²) in [6, 6.07) is 8.27. The van der Waals surface area contributed by atoms with Crippen LogP contribution in [0.4, 0.5) is 5.69 Å². The number of hydrogen-bond donors (Lipinski definition) is 1. The van der Waals surface area contributed by atoms with Gasteiger partial charge in [-0.2, -0.15) is 0 Å². The highest BCUT2D eigenvalue weighted by atomic mass is 32.1. The van der Waals surface area contributed by atoms with Gasteiger partial charge in [-0.05, 0) is 19.1 Å². The quantitative estimate of drug-likeness (QED) is 0.801. The van der Waals surface area contributed by atoms with Gasteiger partial charge in [-0.15, -0.1) is 16.4 Å². The number of aromatic nitrogens is 4. The average Bonchev–Trinajstić information content (AvgIpc) is 3.06. The van der Waals surface area contributed by atoms with Crippen molar-refractivity contribution in [1.82, 2.24) is 20.0 Å². The zero-order chi connectivity index (χ0) is 13.9. The Balaban J connectivity index is 1.76. The van der Waals surface area contributed by atoms with E-state index in [4.69, 9.17) is 0 Å². The summed E-state index contributed by atoms with van der Waals surface area (Å²) in [7, 11) is 1.89. The van der Waals surface area contributed by atoms with Gasteiger partial charge < -0.3 is 5.32 Å². The molecule has 102 valence electrons. The molecule has 1 aromatic carbocycles. The van der Waals surface area contributed by atoms with Crippen molar-refractivity contribution in [2.75, 3.05) is 5.32 Å². The van der Waals surface area contributed by atoms with Crippen molar-refractivity contribution in [3.05, 3.63) is 46.5 Å². The molecule has 2 heterocycles. The Morgan fingerprint density at radius 3 is 2.95 bits per heavy atom. The molecule has 20 heavy (non-hydrogen) atoms. The largest absolute Gasteiger partial charge is 0.379 e. The summed E-state index contributed by atoms with van der Waals surface area (Å²) in [6.07, 6.45) is 1.76. The minimum atomic E-state index is 0.697. The first-order valence-electron chi connectivity index (χ1n) is 6.32. The van der Waals surface area contributed by atoms with Gasteiger partial charge in [0.05, 0.1) is 29.1 Å². The number of anilines is 1. The molecule has 2 aromatic heterocycles. The van der Waals surface area contributed by atoms with Gasteiger partial charge in [-0.1, -0.05) is 17.3 Å². The number of aryl methyl sites for hydroxylation is 2. The fourth-order valence-corrected chi connectivity index (χ4v) is 2.57. The van der Waals surface area contributed by atoms with Crippen LogP contribution in [0.25, 0.3) is 11.3 Å². The van der Waals surface area contributed by atoms with Gasteiger partial charge >= 0.3 is 0 Å². The van der Waals surface area contributed by atoms with Gasteiger partial charge in [-0.25, -0.2) is 4.98 Å². The number of nitrogens with one attached hydrogen (secondary N) is 1. The molecule has 6 heteroatoms. The topological polar surface area (TPSA) is 55.6 Å². The van der Waals surface area contributed by atoms with Crippen LogP contribution in [-0.2, 0) is 13.6 Å². The summed E-state index contributed by atoms with van der Waals surface area (Å²) < 4.78 is 1.76. The molecule has 0 aliphatic carbocycles. The van der Waals surface area contributed by atoms with Crippen LogP contribution in [0.15, 0.2) is 35.8 Å². The smallest absolute Gasteiger partial charge is 0.0901 e. The fraction of sp³-hybridized carbons (Fsp3) is 0.214. The molecule has 0 unspecified atom stereocenters. The van der Waals surface area contributed by atoms with Crippen LogP contribution >= 0.6 is 11.3 Å². The molecule has 0 amide bonds. The van der Waals surface area contributed by atoms with Crippen molar-refractivity contribution in [2.45, 2.75) is 13.5 Å². The van der Waals surface area contributed by atoms with Crippen LogP contribution in [0.1, 0.15) is 10.7 Å². The van der Waals surface area contributed by atoms with E-state index < -0.39 is 0 Å². The van der Waals surface area contributed by atoms with E-state index >= 15 is 0 Å². The predicted octanol–water partition coefficient (Wildman–Crippen LogP) is 2.86. The summed E-state index contributed by atoms with van der Waals surface area (Å²) in [5, 5.41) is 14.3. The lowest BCUT2D eigenvalue weighted by Gasteiger charge is -2.07. The first-order valence-corrected chi connectivity index (χ1v) is 7.20. The van der Waals surface area contributed by atoms with Crippen LogP contribution < -0.4 is 5.32 Å². The standard InChI is InChI=1S/C14H15N5S/c1-10-17-14(9-20-10)11-4-3-5-12(6-11)15-7-13-8-16-18-19(13)2/h3-6,8-9,15H,7H2,1-2H3. The third kappa shape index (κ3) is 2.70. The maximum absolute atomic E-state index is 4.51. The SMILES string of the molecule is Cc1nc(-c2cccc(NCc3cnnn3C)c2)cs1. The lowest BCUT2D eigenvalue weighted by atomic mass is 10.1. The Hall–Kier alpha value is -2.21. The lowest BCUT2D eigenvalue weighted by molar-refractivity contribution is 0.683. The maximum atomic E-state index is 4.51. The Labute approximate surface area is 121 Å². The number of hydrogen-bond acceptors (Lipinski definition) is 5. The monoisotopic (exact) mass is 285 g/mol. The molecule has 3 rings (SSSR count). The highest BCUT2D eigenvalue weighted by molar-refractivity contribution is 7.09. The molecule has 1 N–H and O–H groups in total. The summed E-state index contributed by atoms with van der Waals surface area (Å²) in [5.74, 6) is 0. The Bertz CT molecular complexity index is 716. The normalized spacial score (nSPS) is 10.7. The van der Waals surface area contributed by atoms with Gasteiger partial charge in [0.15, 0.2) is 0 Å². The zero-order valence-electron chi connectivity index (χ0n) is 11.4. The average molecular weight is 285 g/mol. The molecule has 0 fully saturated rings. The number of nitrogens with zero attached hydrogens (tertiary/aromatic N) is 4. The van der Waals surface area contributed by atoms with E-state index in [2.05, 4.69) is 38.1 Å². The third-order valence-electron chi connectivity index (χ3n) is 3.06. The minimum Gasteiger partial charge on any atom is -0.379 e. The number of rotatable bonds is 4. The van der Waals surface area contributed by atoms with Crippen LogP contribution in [0, 0.1) is 6.92 Å². The van der Waals surface area contributed by atoms with Crippen molar-refractivity contribution in [2.24, 2.45) is 7.05 Å². The second-order valence-electron chi connectivity index (χ2n) is 4.54. The molecule has 3 aromatic rings. The Kier molecular flexibility index (Phi) is 3.47. The third-order valence-corrected chi connectivity index (χ3v) is 3.83.